The van der Waals surface area contributed by atoms with Crippen LogP contribution in [0.25, 0.3) is 0 Å². The Morgan fingerprint density at radius 1 is 1.06 bits per heavy atom. The molecule has 0 heterocycles. The predicted molar refractivity (Wildman–Crippen MR) is 71.8 cm³/mol. The fourth-order valence-electron chi connectivity index (χ4n) is 1.54. The van der Waals surface area contributed by atoms with Crippen molar-refractivity contribution in [1.29, 1.82) is 0 Å². The Balaban J connectivity index is 0. The second-order valence-corrected chi connectivity index (χ2v) is 4.01. The Labute approximate surface area is 122 Å². The maximum atomic E-state index is 11.2. The zero-order valence-corrected chi connectivity index (χ0v) is 10.1. The van der Waals surface area contributed by atoms with Gasteiger partial charge in [-0.3, -0.25) is 4.79 Å². The third kappa shape index (κ3) is 14.4. The first-order chi connectivity index (χ1) is 7.31. The van der Waals surface area contributed by atoms with Crippen LogP contribution in [-0.2, 0) is 4.79 Å². The maximum absolute atomic E-state index is 11.2. The van der Waals surface area contributed by atoms with Gasteiger partial charge in [0.05, 0.1) is 0 Å². The van der Waals surface area contributed by atoms with Crippen LogP contribution in [-0.4, -0.2) is 48.6 Å². The number of nitrogens with two attached hydrogens (primary N) is 1. The summed E-state index contributed by atoms with van der Waals surface area (Å²) in [6.45, 7) is 3.36. The summed E-state index contributed by atoms with van der Waals surface area (Å²) < 4.78 is 0. The number of hydrogen-bond donors (Lipinski definition) is 2. The van der Waals surface area contributed by atoms with Gasteiger partial charge in [0.1, 0.15) is 0 Å². The van der Waals surface area contributed by atoms with Crippen LogP contribution in [0.1, 0.15) is 58.3 Å². The fourth-order valence-corrected chi connectivity index (χ4v) is 1.54. The predicted octanol–water partition coefficient (Wildman–Crippen LogP) is 1.55. The monoisotopic (exact) mass is 238 g/mol. The van der Waals surface area contributed by atoms with E-state index in [2.05, 4.69) is 12.2 Å². The van der Waals surface area contributed by atoms with E-state index in [1.54, 1.807) is 0 Å². The molecule has 0 fully saturated rings. The summed E-state index contributed by atoms with van der Waals surface area (Å²) in [6, 6.07) is 0. The Morgan fingerprint density at radius 2 is 1.62 bits per heavy atom. The van der Waals surface area contributed by atoms with Crippen LogP contribution in [0.15, 0.2) is 0 Å². The van der Waals surface area contributed by atoms with Gasteiger partial charge in [-0.2, -0.15) is 0 Å². The Kier molecular flexibility index (Phi) is 18.1. The molecule has 16 heavy (non-hydrogen) atoms. The van der Waals surface area contributed by atoms with Crippen molar-refractivity contribution in [2.24, 2.45) is 5.73 Å². The molecule has 0 aromatic heterocycles. The molecular formula is C12H27N2NaO. The molecule has 0 aromatic carbocycles. The van der Waals surface area contributed by atoms with Crippen LogP contribution in [0.5, 0.6) is 0 Å². The Bertz CT molecular complexity index is 154. The molecule has 0 radical (unpaired) electrons. The van der Waals surface area contributed by atoms with Gasteiger partial charge in [0, 0.05) is 19.5 Å². The molecule has 92 valence electrons. The zero-order chi connectivity index (χ0) is 11.4. The Morgan fingerprint density at radius 3 is 2.19 bits per heavy atom. The van der Waals surface area contributed by atoms with E-state index in [1.807, 2.05) is 0 Å². The third-order valence-electron chi connectivity index (χ3n) is 2.47. The fraction of sp³-hybridized carbons (Fsp3) is 0.917. The number of amides is 1. The molecule has 3 nitrogen and oxygen atoms in total. The van der Waals surface area contributed by atoms with Crippen LogP contribution in [0.4, 0.5) is 0 Å². The summed E-state index contributed by atoms with van der Waals surface area (Å²) in [4.78, 5) is 11.2. The van der Waals surface area contributed by atoms with Gasteiger partial charge in [-0.25, -0.2) is 0 Å². The van der Waals surface area contributed by atoms with Gasteiger partial charge >= 0.3 is 29.6 Å². The molecule has 0 atom stereocenters. The summed E-state index contributed by atoms with van der Waals surface area (Å²) in [5.74, 6) is 0.147. The minimum atomic E-state index is 0. The first kappa shape index (κ1) is 18.8. The van der Waals surface area contributed by atoms with Crippen molar-refractivity contribution in [1.82, 2.24) is 5.32 Å². The summed E-state index contributed by atoms with van der Waals surface area (Å²) >= 11 is 0. The number of carbonyl (C=O) groups is 1. The topological polar surface area (TPSA) is 55.1 Å². The van der Waals surface area contributed by atoms with Crippen LogP contribution in [0.3, 0.4) is 0 Å². The molecule has 0 saturated carbocycles. The van der Waals surface area contributed by atoms with Crippen molar-refractivity contribution in [2.45, 2.75) is 58.3 Å². The van der Waals surface area contributed by atoms with E-state index >= 15 is 0 Å². The molecule has 4 heteroatoms. The minimum absolute atomic E-state index is 0. The van der Waals surface area contributed by atoms with E-state index in [1.165, 1.54) is 38.5 Å². The van der Waals surface area contributed by atoms with E-state index in [9.17, 15) is 4.79 Å². The van der Waals surface area contributed by atoms with Crippen LogP contribution in [0, 0.1) is 0 Å². The van der Waals surface area contributed by atoms with Crippen molar-refractivity contribution in [3.05, 3.63) is 0 Å². The van der Waals surface area contributed by atoms with Crippen LogP contribution < -0.4 is 11.1 Å². The van der Waals surface area contributed by atoms with Crippen molar-refractivity contribution >= 4 is 35.5 Å². The van der Waals surface area contributed by atoms with E-state index in [-0.39, 0.29) is 35.5 Å². The normalized spacial score (nSPS) is 9.62. The third-order valence-corrected chi connectivity index (χ3v) is 2.47. The van der Waals surface area contributed by atoms with Gasteiger partial charge in [0.2, 0.25) is 5.91 Å². The van der Waals surface area contributed by atoms with Gasteiger partial charge in [-0.15, -0.1) is 0 Å². The summed E-state index contributed by atoms with van der Waals surface area (Å²) in [7, 11) is 0. The van der Waals surface area contributed by atoms with E-state index < -0.39 is 0 Å². The molecule has 0 rings (SSSR count). The molecule has 0 aliphatic carbocycles. The molecular weight excluding hydrogens is 211 g/mol. The number of unbranched alkanes of at least 4 members (excludes halogenated alkanes) is 6. The molecule has 3 N–H and O–H groups in total. The quantitative estimate of drug-likeness (QED) is 0.448. The Hall–Kier alpha value is 0.430. The van der Waals surface area contributed by atoms with Gasteiger partial charge in [0.15, 0.2) is 0 Å². The average Bonchev–Trinajstić information content (AvgIpc) is 2.25. The van der Waals surface area contributed by atoms with E-state index in [0.717, 1.165) is 6.42 Å². The van der Waals surface area contributed by atoms with Crippen LogP contribution in [0.2, 0.25) is 0 Å². The molecule has 0 aromatic rings. The molecule has 0 saturated heterocycles. The van der Waals surface area contributed by atoms with Crippen LogP contribution >= 0.6 is 0 Å². The van der Waals surface area contributed by atoms with Gasteiger partial charge in [-0.1, -0.05) is 45.4 Å². The molecule has 0 aliphatic heterocycles. The summed E-state index contributed by atoms with van der Waals surface area (Å²) in [6.07, 6.45) is 9.42. The average molecular weight is 238 g/mol. The number of rotatable bonds is 10. The second-order valence-electron chi connectivity index (χ2n) is 4.01. The van der Waals surface area contributed by atoms with Crippen molar-refractivity contribution < 1.29 is 4.79 Å². The zero-order valence-electron chi connectivity index (χ0n) is 10.1. The first-order valence-corrected chi connectivity index (χ1v) is 6.28. The second kappa shape index (κ2) is 15.4. The van der Waals surface area contributed by atoms with Gasteiger partial charge < -0.3 is 11.1 Å². The van der Waals surface area contributed by atoms with Gasteiger partial charge in [-0.05, 0) is 6.42 Å². The number of nitrogens with one attached hydrogen (secondary N) is 1. The van der Waals surface area contributed by atoms with Crippen molar-refractivity contribution in [3.8, 4) is 0 Å². The SMILES string of the molecule is CCCCCCCCCC(=O)NCCN.[NaH]. The molecule has 0 unspecified atom stereocenters. The molecule has 0 bridgehead atoms. The molecule has 0 spiro atoms. The number of carbonyl (C=O) groups excluding carboxylic acids is 1. The van der Waals surface area contributed by atoms with E-state index in [0.29, 0.717) is 19.5 Å². The molecule has 0 aliphatic rings. The number of hydrogen-bond acceptors (Lipinski definition) is 2. The van der Waals surface area contributed by atoms with Crippen molar-refractivity contribution in [3.63, 3.8) is 0 Å². The van der Waals surface area contributed by atoms with Crippen molar-refractivity contribution in [2.75, 3.05) is 13.1 Å². The summed E-state index contributed by atoms with van der Waals surface area (Å²) in [5.41, 5.74) is 5.28. The summed E-state index contributed by atoms with van der Waals surface area (Å²) in [5, 5.41) is 2.78. The molecule has 1 amide bonds. The standard InChI is InChI=1S/C12H26N2O.Na.H/c1-2-3-4-5-6-7-8-9-12(15)14-11-10-13;;/h2-11,13H2,1H3,(H,14,15);;. The van der Waals surface area contributed by atoms with Gasteiger partial charge in [0.25, 0.3) is 0 Å². The first-order valence-electron chi connectivity index (χ1n) is 6.28. The van der Waals surface area contributed by atoms with E-state index in [4.69, 9.17) is 5.73 Å².